The summed E-state index contributed by atoms with van der Waals surface area (Å²) in [5.74, 6) is -1.61. The Balaban J connectivity index is 2.50. The summed E-state index contributed by atoms with van der Waals surface area (Å²) in [6.45, 7) is 0.450. The number of nitrogens with one attached hydrogen (secondary N) is 2. The van der Waals surface area contributed by atoms with E-state index in [4.69, 9.17) is 10.4 Å². The van der Waals surface area contributed by atoms with Gasteiger partial charge in [-0.25, -0.2) is 0 Å². The van der Waals surface area contributed by atoms with Gasteiger partial charge in [-0.3, -0.25) is 9.59 Å². The Hall–Kier alpha value is -2.33. The first-order valence-electron chi connectivity index (χ1n) is 6.11. The molecule has 0 aliphatic carbocycles. The predicted molar refractivity (Wildman–Crippen MR) is 79.9 cm³/mol. The van der Waals surface area contributed by atoms with E-state index < -0.39 is 11.9 Å². The number of amides is 1. The van der Waals surface area contributed by atoms with Crippen molar-refractivity contribution in [2.45, 2.75) is 13.0 Å². The van der Waals surface area contributed by atoms with Crippen molar-refractivity contribution in [1.29, 1.82) is 5.26 Å². The third kappa shape index (κ3) is 6.58. The maximum Gasteiger partial charge on any atom is 0.305 e. The fourth-order valence-electron chi connectivity index (χ4n) is 1.44. The molecular weight excluding hydrogens is 338 g/mol. The predicted octanol–water partition coefficient (Wildman–Crippen LogP) is 1.54. The summed E-state index contributed by atoms with van der Waals surface area (Å²) in [6.07, 6.45) is 1.13. The topological polar surface area (TPSA) is 102 Å². The standard InChI is InChI=1S/C14H14BrN3O3/c15-12-3-1-2-10(6-12)8-17-9-11(7-16)14(21)18-5-4-13(19)20/h1-3,6,9,17H,4-5,8H2,(H,18,21)(H,19,20)/b11-9-. The number of carbonyl (C=O) groups is 2. The average Bonchev–Trinajstić information content (AvgIpc) is 2.43. The van der Waals surface area contributed by atoms with Gasteiger partial charge >= 0.3 is 5.97 Å². The molecule has 1 aromatic carbocycles. The summed E-state index contributed by atoms with van der Waals surface area (Å²) < 4.78 is 0.942. The second-order valence-electron chi connectivity index (χ2n) is 4.08. The number of carboxylic acid groups (broad SMARTS) is 1. The molecule has 3 N–H and O–H groups in total. The van der Waals surface area contributed by atoms with Crippen LogP contribution < -0.4 is 10.6 Å². The molecule has 1 rings (SSSR count). The molecule has 0 radical (unpaired) electrons. The van der Waals surface area contributed by atoms with Crippen LogP contribution in [0.25, 0.3) is 0 Å². The van der Waals surface area contributed by atoms with Gasteiger partial charge < -0.3 is 15.7 Å². The largest absolute Gasteiger partial charge is 0.481 e. The minimum absolute atomic E-state index is 0.0151. The third-order valence-electron chi connectivity index (χ3n) is 2.43. The number of carbonyl (C=O) groups excluding carboxylic acids is 1. The molecule has 0 heterocycles. The quantitative estimate of drug-likeness (QED) is 0.510. The fourth-order valence-corrected chi connectivity index (χ4v) is 1.89. The number of halogens is 1. The van der Waals surface area contributed by atoms with Crippen LogP contribution in [0.3, 0.4) is 0 Å². The van der Waals surface area contributed by atoms with Crippen LogP contribution in [0.1, 0.15) is 12.0 Å². The molecule has 0 spiro atoms. The first-order valence-corrected chi connectivity index (χ1v) is 6.90. The number of hydrogen-bond donors (Lipinski definition) is 3. The van der Waals surface area contributed by atoms with Crippen LogP contribution in [0.15, 0.2) is 40.5 Å². The minimum Gasteiger partial charge on any atom is -0.481 e. The van der Waals surface area contributed by atoms with E-state index in [1.807, 2.05) is 24.3 Å². The summed E-state index contributed by atoms with van der Waals surface area (Å²) in [5, 5.41) is 22.6. The van der Waals surface area contributed by atoms with Crippen molar-refractivity contribution in [2.75, 3.05) is 6.54 Å². The number of nitrogens with zero attached hydrogens (tertiary/aromatic N) is 1. The average molecular weight is 352 g/mol. The Labute approximate surface area is 130 Å². The Morgan fingerprint density at radius 2 is 2.19 bits per heavy atom. The lowest BCUT2D eigenvalue weighted by Crippen LogP contribution is -2.27. The van der Waals surface area contributed by atoms with Crippen molar-refractivity contribution >= 4 is 27.8 Å². The first kappa shape index (κ1) is 16.7. The molecule has 0 bridgehead atoms. The van der Waals surface area contributed by atoms with Gasteiger partial charge in [0.1, 0.15) is 11.6 Å². The van der Waals surface area contributed by atoms with E-state index in [9.17, 15) is 9.59 Å². The molecular formula is C14H14BrN3O3. The van der Waals surface area contributed by atoms with Crippen molar-refractivity contribution in [3.8, 4) is 6.07 Å². The molecule has 0 aliphatic rings. The molecule has 0 unspecified atom stereocenters. The summed E-state index contributed by atoms with van der Waals surface area (Å²) in [4.78, 5) is 21.9. The van der Waals surface area contributed by atoms with E-state index >= 15 is 0 Å². The summed E-state index contributed by atoms with van der Waals surface area (Å²) in [7, 11) is 0. The fraction of sp³-hybridized carbons (Fsp3) is 0.214. The SMILES string of the molecule is N#C/C(=C/NCc1cccc(Br)c1)C(=O)NCCC(=O)O. The van der Waals surface area contributed by atoms with Crippen LogP contribution in [0.5, 0.6) is 0 Å². The molecule has 0 saturated carbocycles. The van der Waals surface area contributed by atoms with E-state index in [1.165, 1.54) is 6.20 Å². The second kappa shape index (κ2) is 8.76. The zero-order valence-electron chi connectivity index (χ0n) is 11.1. The number of benzene rings is 1. The van der Waals surface area contributed by atoms with Gasteiger partial charge in [-0.1, -0.05) is 28.1 Å². The highest BCUT2D eigenvalue weighted by molar-refractivity contribution is 9.10. The normalized spacial score (nSPS) is 10.6. The number of hydrogen-bond acceptors (Lipinski definition) is 4. The van der Waals surface area contributed by atoms with Gasteiger partial charge in [0.05, 0.1) is 6.42 Å². The highest BCUT2D eigenvalue weighted by Gasteiger charge is 2.08. The zero-order chi connectivity index (χ0) is 15.7. The second-order valence-corrected chi connectivity index (χ2v) is 5.00. The Morgan fingerprint density at radius 3 is 2.81 bits per heavy atom. The molecule has 0 saturated heterocycles. The Kier molecular flexibility index (Phi) is 6.98. The van der Waals surface area contributed by atoms with Gasteiger partial charge in [0.2, 0.25) is 0 Å². The van der Waals surface area contributed by atoms with Gasteiger partial charge in [0.15, 0.2) is 0 Å². The summed E-state index contributed by atoms with van der Waals surface area (Å²) in [5.41, 5.74) is 0.889. The highest BCUT2D eigenvalue weighted by Crippen LogP contribution is 2.11. The van der Waals surface area contributed by atoms with Crippen LogP contribution in [0, 0.1) is 11.3 Å². The molecule has 1 amide bonds. The van der Waals surface area contributed by atoms with Crippen LogP contribution in [-0.4, -0.2) is 23.5 Å². The molecule has 6 nitrogen and oxygen atoms in total. The molecule has 110 valence electrons. The van der Waals surface area contributed by atoms with Gasteiger partial charge in [-0.05, 0) is 17.7 Å². The molecule has 0 aromatic heterocycles. The van der Waals surface area contributed by atoms with Crippen molar-refractivity contribution in [1.82, 2.24) is 10.6 Å². The van der Waals surface area contributed by atoms with Crippen LogP contribution >= 0.6 is 15.9 Å². The lowest BCUT2D eigenvalue weighted by molar-refractivity contribution is -0.136. The van der Waals surface area contributed by atoms with E-state index in [2.05, 4.69) is 26.6 Å². The molecule has 7 heteroatoms. The molecule has 0 aliphatic heterocycles. The Morgan fingerprint density at radius 1 is 1.43 bits per heavy atom. The van der Waals surface area contributed by atoms with Crippen molar-refractivity contribution < 1.29 is 14.7 Å². The number of carboxylic acids is 1. The summed E-state index contributed by atoms with van der Waals surface area (Å²) >= 11 is 3.35. The molecule has 21 heavy (non-hydrogen) atoms. The number of rotatable bonds is 7. The molecule has 0 atom stereocenters. The number of nitriles is 1. The minimum atomic E-state index is -1.01. The smallest absolute Gasteiger partial charge is 0.305 e. The zero-order valence-corrected chi connectivity index (χ0v) is 12.7. The lowest BCUT2D eigenvalue weighted by atomic mass is 10.2. The van der Waals surface area contributed by atoms with Gasteiger partial charge in [-0.2, -0.15) is 5.26 Å². The van der Waals surface area contributed by atoms with E-state index in [0.29, 0.717) is 6.54 Å². The first-order chi connectivity index (χ1) is 10.0. The lowest BCUT2D eigenvalue weighted by Gasteiger charge is -2.04. The van der Waals surface area contributed by atoms with Gasteiger partial charge in [0, 0.05) is 23.8 Å². The van der Waals surface area contributed by atoms with Crippen molar-refractivity contribution in [2.24, 2.45) is 0 Å². The molecule has 0 fully saturated rings. The summed E-state index contributed by atoms with van der Waals surface area (Å²) in [6, 6.07) is 9.37. The molecule has 1 aromatic rings. The monoisotopic (exact) mass is 351 g/mol. The highest BCUT2D eigenvalue weighted by atomic mass is 79.9. The maximum atomic E-state index is 11.6. The van der Waals surface area contributed by atoms with Crippen LogP contribution in [0.2, 0.25) is 0 Å². The van der Waals surface area contributed by atoms with Crippen LogP contribution in [-0.2, 0) is 16.1 Å². The van der Waals surface area contributed by atoms with E-state index in [0.717, 1.165) is 10.0 Å². The van der Waals surface area contributed by atoms with Crippen LogP contribution in [0.4, 0.5) is 0 Å². The van der Waals surface area contributed by atoms with Gasteiger partial charge in [0.25, 0.3) is 5.91 Å². The maximum absolute atomic E-state index is 11.6. The van der Waals surface area contributed by atoms with E-state index in [1.54, 1.807) is 6.07 Å². The van der Waals surface area contributed by atoms with Gasteiger partial charge in [-0.15, -0.1) is 0 Å². The van der Waals surface area contributed by atoms with Crippen molar-refractivity contribution in [3.63, 3.8) is 0 Å². The van der Waals surface area contributed by atoms with Crippen molar-refractivity contribution in [3.05, 3.63) is 46.1 Å². The third-order valence-corrected chi connectivity index (χ3v) is 2.92. The number of aliphatic carboxylic acids is 1. The Bertz CT molecular complexity index is 593. The van der Waals surface area contributed by atoms with E-state index in [-0.39, 0.29) is 18.5 Å².